The van der Waals surface area contributed by atoms with E-state index in [0.29, 0.717) is 21.8 Å². The van der Waals surface area contributed by atoms with Gasteiger partial charge in [-0.15, -0.1) is 0 Å². The summed E-state index contributed by atoms with van der Waals surface area (Å²) in [5.41, 5.74) is 1.00. The number of phenols is 1. The average molecular weight is 681 g/mol. The summed E-state index contributed by atoms with van der Waals surface area (Å²) < 4.78 is 5.32. The molecule has 2 saturated heterocycles. The van der Waals surface area contributed by atoms with E-state index in [2.05, 4.69) is 0 Å². The number of carbonyl (C=O) groups is 5. The zero-order chi connectivity index (χ0) is 34.6. The summed E-state index contributed by atoms with van der Waals surface area (Å²) in [6, 6.07) is 20.6. The van der Waals surface area contributed by atoms with E-state index < -0.39 is 64.6 Å². The number of halogens is 1. The fourth-order valence-corrected chi connectivity index (χ4v) is 8.67. The third-order valence-electron chi connectivity index (χ3n) is 10.6. The molecular weight excluding hydrogens is 648 g/mol. The zero-order valence-corrected chi connectivity index (χ0v) is 27.2. The number of methoxy groups -OCH3 is 1. The number of ether oxygens (including phenoxy) is 1. The Kier molecular flexibility index (Phi) is 8.15. The molecule has 0 aromatic heterocycles. The van der Waals surface area contributed by atoms with Crippen molar-refractivity contribution in [3.05, 3.63) is 107 Å². The number of rotatable bonds is 8. The van der Waals surface area contributed by atoms with Crippen LogP contribution in [0.5, 0.6) is 11.5 Å². The van der Waals surface area contributed by atoms with Gasteiger partial charge in [-0.3, -0.25) is 28.9 Å². The number of phenolic OH excluding ortho intramolecular Hbond substituents is 1. The number of carboxylic acid groups (broad SMARTS) is 1. The highest BCUT2D eigenvalue weighted by molar-refractivity contribution is 6.32. The van der Waals surface area contributed by atoms with Gasteiger partial charge < -0.3 is 14.9 Å². The van der Waals surface area contributed by atoms with Crippen LogP contribution < -0.4 is 9.64 Å². The summed E-state index contributed by atoms with van der Waals surface area (Å²) in [4.78, 5) is 70.9. The number of carboxylic acids is 1. The van der Waals surface area contributed by atoms with Crippen LogP contribution in [0.15, 0.2) is 90.5 Å². The summed E-state index contributed by atoms with van der Waals surface area (Å²) in [7, 11) is 1.44. The maximum Gasteiger partial charge on any atom is 0.305 e. The van der Waals surface area contributed by atoms with Crippen molar-refractivity contribution in [2.75, 3.05) is 18.6 Å². The van der Waals surface area contributed by atoms with Crippen LogP contribution in [0.3, 0.4) is 0 Å². The van der Waals surface area contributed by atoms with Gasteiger partial charge in [0.05, 0.1) is 42.4 Å². The van der Waals surface area contributed by atoms with E-state index in [0.717, 1.165) is 10.5 Å². The third-order valence-corrected chi connectivity index (χ3v) is 10.8. The lowest BCUT2D eigenvalue weighted by Gasteiger charge is -2.49. The maximum absolute atomic E-state index is 15.1. The fraction of sp³-hybridized carbons (Fsp3) is 0.289. The average Bonchev–Trinajstić information content (AvgIpc) is 3.48. The molecule has 4 amide bonds. The quantitative estimate of drug-likeness (QED) is 0.243. The second-order valence-electron chi connectivity index (χ2n) is 12.9. The second kappa shape index (κ2) is 12.3. The summed E-state index contributed by atoms with van der Waals surface area (Å²) >= 11 is 6.35. The van der Waals surface area contributed by atoms with Crippen LogP contribution in [-0.4, -0.2) is 58.4 Å². The number of benzene rings is 3. The lowest BCUT2D eigenvalue weighted by molar-refractivity contribution is -0.142. The van der Waals surface area contributed by atoms with Gasteiger partial charge in [-0.1, -0.05) is 77.9 Å². The smallest absolute Gasteiger partial charge is 0.305 e. The summed E-state index contributed by atoms with van der Waals surface area (Å²) in [5, 5.41) is 19.9. The first-order valence-electron chi connectivity index (χ1n) is 16.1. The number of allylic oxidation sites excluding steroid dienone is 3. The van der Waals surface area contributed by atoms with Gasteiger partial charge in [0.2, 0.25) is 23.6 Å². The Morgan fingerprint density at radius 2 is 1.76 bits per heavy atom. The largest absolute Gasteiger partial charge is 0.504 e. The zero-order valence-electron chi connectivity index (χ0n) is 26.5. The van der Waals surface area contributed by atoms with E-state index in [1.807, 2.05) is 48.6 Å². The Bertz CT molecular complexity index is 1960. The number of nitrogens with zero attached hydrogens (tertiary/aromatic N) is 2. The second-order valence-corrected chi connectivity index (χ2v) is 13.3. The minimum absolute atomic E-state index is 0.0372. The van der Waals surface area contributed by atoms with Crippen molar-refractivity contribution in [3.63, 3.8) is 0 Å². The Hall–Kier alpha value is -5.22. The van der Waals surface area contributed by atoms with Crippen LogP contribution in [0.1, 0.15) is 30.4 Å². The molecule has 2 N–H and O–H groups in total. The predicted molar refractivity (Wildman–Crippen MR) is 179 cm³/mol. The molecule has 2 aliphatic heterocycles. The number of amides is 4. The molecule has 1 saturated carbocycles. The molecule has 49 heavy (non-hydrogen) atoms. The van der Waals surface area contributed by atoms with Gasteiger partial charge in [0.1, 0.15) is 0 Å². The topological polar surface area (TPSA) is 142 Å². The molecule has 0 bridgehead atoms. The number of likely N-dealkylation sites (tertiary alicyclic amines) is 1. The van der Waals surface area contributed by atoms with Crippen molar-refractivity contribution in [2.45, 2.75) is 24.7 Å². The molecule has 2 heterocycles. The number of aliphatic carboxylic acids is 1. The van der Waals surface area contributed by atoms with Crippen LogP contribution >= 0.6 is 11.6 Å². The van der Waals surface area contributed by atoms with E-state index in [-0.39, 0.29) is 37.3 Å². The van der Waals surface area contributed by atoms with Crippen LogP contribution in [-0.2, 0) is 29.4 Å². The Morgan fingerprint density at radius 1 is 0.980 bits per heavy atom. The number of carbonyl (C=O) groups excluding carboxylic acids is 4. The molecule has 6 atom stereocenters. The van der Waals surface area contributed by atoms with Gasteiger partial charge in [0.25, 0.3) is 0 Å². The van der Waals surface area contributed by atoms with E-state index in [9.17, 15) is 29.4 Å². The number of anilines is 1. The molecule has 0 spiro atoms. The van der Waals surface area contributed by atoms with Crippen molar-refractivity contribution >= 4 is 53.0 Å². The van der Waals surface area contributed by atoms with Gasteiger partial charge in [0, 0.05) is 17.5 Å². The van der Waals surface area contributed by atoms with Crippen molar-refractivity contribution in [3.8, 4) is 11.5 Å². The Morgan fingerprint density at radius 3 is 2.47 bits per heavy atom. The first-order valence-corrected chi connectivity index (χ1v) is 16.5. The van der Waals surface area contributed by atoms with Gasteiger partial charge in [-0.2, -0.15) is 0 Å². The SMILES string of the molecule is COc1cc(C=CC2C3=CCC4C(=O)N(CCC(=O)O)C(=O)C4C3CC3C(=O)N(c4cccc(Cl)c4)C(=O)C23c2ccccc2)ccc1O. The highest BCUT2D eigenvalue weighted by atomic mass is 35.5. The molecule has 11 heteroatoms. The number of hydrogen-bond acceptors (Lipinski definition) is 7. The number of imide groups is 2. The van der Waals surface area contributed by atoms with Crippen molar-refractivity contribution in [1.29, 1.82) is 0 Å². The first-order chi connectivity index (χ1) is 23.6. The molecule has 250 valence electrons. The van der Waals surface area contributed by atoms with Crippen LogP contribution in [0.4, 0.5) is 5.69 Å². The van der Waals surface area contributed by atoms with Crippen LogP contribution in [0, 0.1) is 29.6 Å². The van der Waals surface area contributed by atoms with E-state index in [1.165, 1.54) is 18.1 Å². The highest BCUT2D eigenvalue weighted by Gasteiger charge is 2.69. The van der Waals surface area contributed by atoms with E-state index in [4.69, 9.17) is 16.3 Å². The molecule has 7 rings (SSSR count). The predicted octanol–water partition coefficient (Wildman–Crippen LogP) is 5.24. The van der Waals surface area contributed by atoms with E-state index in [1.54, 1.807) is 36.4 Å². The van der Waals surface area contributed by atoms with Gasteiger partial charge in [0.15, 0.2) is 11.5 Å². The lowest BCUT2D eigenvalue weighted by atomic mass is 9.50. The molecule has 3 aromatic carbocycles. The summed E-state index contributed by atoms with van der Waals surface area (Å²) in [5.74, 6) is -6.31. The monoisotopic (exact) mass is 680 g/mol. The normalized spacial score (nSPS) is 27.6. The molecular formula is C38H33ClN2O8. The summed E-state index contributed by atoms with van der Waals surface area (Å²) in [6.45, 7) is -0.231. The molecule has 2 aliphatic carbocycles. The molecule has 4 aliphatic rings. The van der Waals surface area contributed by atoms with Gasteiger partial charge >= 0.3 is 5.97 Å². The molecule has 6 unspecified atom stereocenters. The van der Waals surface area contributed by atoms with E-state index >= 15 is 4.79 Å². The molecule has 0 radical (unpaired) electrons. The maximum atomic E-state index is 15.1. The fourth-order valence-electron chi connectivity index (χ4n) is 8.49. The standard InChI is InChI=1S/C38H33ClN2O8/c1-49-31-18-21(11-15-30(31)42)10-14-28-25-12-13-26-33(36(47)40(34(26)45)17-16-32(43)44)27(25)20-29-35(46)41(24-9-5-8-23(39)19-24)37(48)38(28,29)22-6-3-2-4-7-22/h2-12,14-15,18-19,26-29,33,42H,13,16-17,20H2,1H3,(H,43,44). The lowest BCUT2D eigenvalue weighted by Crippen LogP contribution is -2.54. The van der Waals surface area contributed by atoms with Crippen LogP contribution in [0.25, 0.3) is 6.08 Å². The summed E-state index contributed by atoms with van der Waals surface area (Å²) in [6.07, 6.45) is 5.62. The van der Waals surface area contributed by atoms with Gasteiger partial charge in [-0.05, 0) is 60.2 Å². The van der Waals surface area contributed by atoms with Gasteiger partial charge in [-0.25, -0.2) is 4.90 Å². The molecule has 3 fully saturated rings. The Labute approximate surface area is 287 Å². The molecule has 3 aromatic rings. The van der Waals surface area contributed by atoms with Crippen molar-refractivity contribution in [2.24, 2.45) is 29.6 Å². The minimum Gasteiger partial charge on any atom is -0.504 e. The highest BCUT2D eigenvalue weighted by Crippen LogP contribution is 2.62. The molecule has 10 nitrogen and oxygen atoms in total. The Balaban J connectivity index is 1.42. The van der Waals surface area contributed by atoms with Crippen molar-refractivity contribution in [1.82, 2.24) is 4.90 Å². The van der Waals surface area contributed by atoms with Crippen LogP contribution in [0.2, 0.25) is 5.02 Å². The first kappa shape index (κ1) is 32.3. The number of fused-ring (bicyclic) bond motifs is 4. The third kappa shape index (κ3) is 5.04. The number of hydrogen-bond donors (Lipinski definition) is 2. The minimum atomic E-state index is -1.41. The number of aromatic hydroxyl groups is 1. The van der Waals surface area contributed by atoms with Crippen molar-refractivity contribution < 1.29 is 38.9 Å².